The number of carbonyl (C=O) groups is 3. The second-order valence-corrected chi connectivity index (χ2v) is 8.65. The standard InChI is InChI=1S/C24H25ClN2O4/c1-14-21(26-24(30)31-13-16-6-4-3-5-7-16)19-12-18(23(25)29)10-11-20(19)27(15(2)28)22(14)17-8-9-17/h3-7,10-12,14,17,21-22H,8-9,13H2,1-2H3,(H,26,30)/t14-,21?,22-/m1/s1. The van der Waals surface area contributed by atoms with E-state index in [0.29, 0.717) is 22.7 Å². The number of amides is 2. The van der Waals surface area contributed by atoms with Gasteiger partial charge >= 0.3 is 6.09 Å². The zero-order valence-electron chi connectivity index (χ0n) is 17.5. The highest BCUT2D eigenvalue weighted by molar-refractivity contribution is 6.67. The third kappa shape index (κ3) is 4.44. The third-order valence-corrected chi connectivity index (χ3v) is 6.36. The number of rotatable bonds is 5. The molecular formula is C24H25ClN2O4. The number of benzene rings is 2. The van der Waals surface area contributed by atoms with Gasteiger partial charge in [0.15, 0.2) is 0 Å². The number of alkyl carbamates (subject to hydrolysis) is 1. The highest BCUT2D eigenvalue weighted by atomic mass is 35.5. The minimum Gasteiger partial charge on any atom is -0.445 e. The molecule has 2 aliphatic rings. The number of hydrogen-bond acceptors (Lipinski definition) is 4. The van der Waals surface area contributed by atoms with E-state index in [-0.39, 0.29) is 24.5 Å². The first-order chi connectivity index (χ1) is 14.9. The lowest BCUT2D eigenvalue weighted by Crippen LogP contribution is -2.53. The molecule has 2 aromatic carbocycles. The molecule has 0 bridgehead atoms. The molecule has 31 heavy (non-hydrogen) atoms. The van der Waals surface area contributed by atoms with Crippen molar-refractivity contribution in [3.63, 3.8) is 0 Å². The fraction of sp³-hybridized carbons (Fsp3) is 0.375. The van der Waals surface area contributed by atoms with Gasteiger partial charge in [0.2, 0.25) is 5.91 Å². The van der Waals surface area contributed by atoms with Crippen LogP contribution in [0.4, 0.5) is 10.5 Å². The molecule has 3 atom stereocenters. The Labute approximate surface area is 186 Å². The number of ether oxygens (including phenoxy) is 1. The lowest BCUT2D eigenvalue weighted by Gasteiger charge is -2.45. The maximum absolute atomic E-state index is 12.7. The predicted molar refractivity (Wildman–Crippen MR) is 118 cm³/mol. The number of hydrogen-bond donors (Lipinski definition) is 1. The summed E-state index contributed by atoms with van der Waals surface area (Å²) in [7, 11) is 0. The summed E-state index contributed by atoms with van der Waals surface area (Å²) in [5, 5.41) is 2.40. The van der Waals surface area contributed by atoms with Crippen LogP contribution < -0.4 is 10.2 Å². The van der Waals surface area contributed by atoms with Crippen molar-refractivity contribution in [2.75, 3.05) is 4.90 Å². The van der Waals surface area contributed by atoms with Gasteiger partial charge in [-0.25, -0.2) is 4.79 Å². The van der Waals surface area contributed by atoms with Crippen molar-refractivity contribution in [2.45, 2.75) is 45.4 Å². The first-order valence-corrected chi connectivity index (χ1v) is 10.9. The van der Waals surface area contributed by atoms with Gasteiger partial charge in [0.25, 0.3) is 5.24 Å². The van der Waals surface area contributed by atoms with E-state index in [0.717, 1.165) is 18.4 Å². The highest BCUT2D eigenvalue weighted by Gasteiger charge is 2.48. The van der Waals surface area contributed by atoms with Crippen molar-refractivity contribution < 1.29 is 19.1 Å². The second-order valence-electron chi connectivity index (χ2n) is 8.31. The fourth-order valence-electron chi connectivity index (χ4n) is 4.58. The zero-order chi connectivity index (χ0) is 22.1. The van der Waals surface area contributed by atoms with Crippen molar-refractivity contribution >= 4 is 34.5 Å². The predicted octanol–water partition coefficient (Wildman–Crippen LogP) is 4.81. The summed E-state index contributed by atoms with van der Waals surface area (Å²) in [6, 6.07) is 14.1. The van der Waals surface area contributed by atoms with E-state index in [4.69, 9.17) is 16.3 Å². The van der Waals surface area contributed by atoms with Gasteiger partial charge in [-0.15, -0.1) is 0 Å². The lowest BCUT2D eigenvalue weighted by molar-refractivity contribution is -0.117. The fourth-order valence-corrected chi connectivity index (χ4v) is 4.70. The van der Waals surface area contributed by atoms with E-state index in [1.165, 1.54) is 0 Å². The molecule has 1 N–H and O–H groups in total. The maximum atomic E-state index is 12.7. The molecule has 6 nitrogen and oxygen atoms in total. The smallest absolute Gasteiger partial charge is 0.407 e. The normalized spacial score (nSPS) is 22.4. The van der Waals surface area contributed by atoms with Gasteiger partial charge in [0, 0.05) is 30.1 Å². The monoisotopic (exact) mass is 440 g/mol. The van der Waals surface area contributed by atoms with E-state index in [1.807, 2.05) is 42.2 Å². The van der Waals surface area contributed by atoms with Crippen LogP contribution in [0.1, 0.15) is 54.2 Å². The molecule has 2 aromatic rings. The Kier molecular flexibility index (Phi) is 6.01. The molecule has 0 saturated heterocycles. The summed E-state index contributed by atoms with van der Waals surface area (Å²) in [5.41, 5.74) is 2.62. The van der Waals surface area contributed by atoms with Gasteiger partial charge in [-0.05, 0) is 59.7 Å². The molecule has 0 radical (unpaired) electrons. The Morgan fingerprint density at radius 2 is 1.84 bits per heavy atom. The quantitative estimate of drug-likeness (QED) is 0.676. The SMILES string of the molecule is CC(=O)N1c2ccc(C(=O)Cl)cc2C(NC(=O)OCc2ccccc2)[C@@H](C)[C@@H]1C1CC1. The lowest BCUT2D eigenvalue weighted by atomic mass is 9.79. The summed E-state index contributed by atoms with van der Waals surface area (Å²) in [6.45, 7) is 3.74. The summed E-state index contributed by atoms with van der Waals surface area (Å²) in [4.78, 5) is 38.8. The van der Waals surface area contributed by atoms with Crippen molar-refractivity contribution in [3.05, 3.63) is 65.2 Å². The molecule has 1 unspecified atom stereocenters. The van der Waals surface area contributed by atoms with Crippen LogP contribution >= 0.6 is 11.6 Å². The van der Waals surface area contributed by atoms with Crippen molar-refractivity contribution in [1.82, 2.24) is 5.32 Å². The van der Waals surface area contributed by atoms with E-state index in [1.54, 1.807) is 25.1 Å². The average molecular weight is 441 g/mol. The molecule has 0 aromatic heterocycles. The van der Waals surface area contributed by atoms with Crippen LogP contribution in [0.25, 0.3) is 0 Å². The molecule has 0 spiro atoms. The van der Waals surface area contributed by atoms with Gasteiger partial charge in [-0.1, -0.05) is 37.3 Å². The highest BCUT2D eigenvalue weighted by Crippen LogP contribution is 2.49. The van der Waals surface area contributed by atoms with Gasteiger partial charge in [-0.2, -0.15) is 0 Å². The first-order valence-electron chi connectivity index (χ1n) is 10.5. The minimum absolute atomic E-state index is 0.0259. The molecule has 1 heterocycles. The van der Waals surface area contributed by atoms with E-state index >= 15 is 0 Å². The van der Waals surface area contributed by atoms with E-state index in [9.17, 15) is 14.4 Å². The topological polar surface area (TPSA) is 75.7 Å². The third-order valence-electron chi connectivity index (χ3n) is 6.14. The maximum Gasteiger partial charge on any atom is 0.407 e. The Morgan fingerprint density at radius 3 is 2.45 bits per heavy atom. The first kappa shape index (κ1) is 21.4. The van der Waals surface area contributed by atoms with Gasteiger partial charge in [0.1, 0.15) is 6.61 Å². The van der Waals surface area contributed by atoms with Crippen LogP contribution in [0.5, 0.6) is 0 Å². The van der Waals surface area contributed by atoms with Gasteiger partial charge in [0.05, 0.1) is 6.04 Å². The van der Waals surface area contributed by atoms with E-state index < -0.39 is 17.4 Å². The summed E-state index contributed by atoms with van der Waals surface area (Å²) in [6.07, 6.45) is 1.56. The minimum atomic E-state index is -0.584. The average Bonchev–Trinajstić information content (AvgIpc) is 3.59. The van der Waals surface area contributed by atoms with Crippen LogP contribution in [0.2, 0.25) is 0 Å². The Morgan fingerprint density at radius 1 is 1.13 bits per heavy atom. The van der Waals surface area contributed by atoms with Crippen LogP contribution in [0.3, 0.4) is 0 Å². The number of nitrogens with zero attached hydrogens (tertiary/aromatic N) is 1. The van der Waals surface area contributed by atoms with Crippen molar-refractivity contribution in [1.29, 1.82) is 0 Å². The van der Waals surface area contributed by atoms with Crippen molar-refractivity contribution in [2.24, 2.45) is 11.8 Å². The summed E-state index contributed by atoms with van der Waals surface area (Å²) >= 11 is 5.71. The number of nitrogens with one attached hydrogen (secondary N) is 1. The molecule has 4 rings (SSSR count). The number of fused-ring (bicyclic) bond motifs is 1. The summed E-state index contributed by atoms with van der Waals surface area (Å²) < 4.78 is 5.43. The Balaban J connectivity index is 1.64. The molecule has 1 fully saturated rings. The van der Waals surface area contributed by atoms with Crippen LogP contribution in [0, 0.1) is 11.8 Å². The van der Waals surface area contributed by atoms with E-state index in [2.05, 4.69) is 5.32 Å². The summed E-state index contributed by atoms with van der Waals surface area (Å²) in [5.74, 6) is 0.278. The number of halogens is 1. The van der Waals surface area contributed by atoms with Gasteiger partial charge in [-0.3, -0.25) is 9.59 Å². The van der Waals surface area contributed by atoms with Crippen molar-refractivity contribution in [3.8, 4) is 0 Å². The Bertz CT molecular complexity index is 1010. The van der Waals surface area contributed by atoms with Crippen LogP contribution in [0.15, 0.2) is 48.5 Å². The number of carbonyl (C=O) groups excluding carboxylic acids is 3. The largest absolute Gasteiger partial charge is 0.445 e. The van der Waals surface area contributed by atoms with Crippen LogP contribution in [-0.2, 0) is 16.1 Å². The second kappa shape index (κ2) is 8.71. The molecule has 7 heteroatoms. The molecule has 1 aliphatic carbocycles. The van der Waals surface area contributed by atoms with Gasteiger partial charge < -0.3 is 15.0 Å². The van der Waals surface area contributed by atoms with Crippen LogP contribution in [-0.4, -0.2) is 23.3 Å². The Hall–Kier alpha value is -2.86. The molecular weight excluding hydrogens is 416 g/mol. The molecule has 2 amide bonds. The molecule has 1 aliphatic heterocycles. The zero-order valence-corrected chi connectivity index (χ0v) is 18.3. The number of anilines is 1. The molecule has 1 saturated carbocycles. The molecule has 162 valence electrons.